The molecule has 28 heavy (non-hydrogen) atoms. The van der Waals surface area contributed by atoms with Crippen LogP contribution < -0.4 is 10.6 Å². The van der Waals surface area contributed by atoms with Gasteiger partial charge in [-0.15, -0.1) is 10.2 Å². The van der Waals surface area contributed by atoms with Crippen molar-refractivity contribution >= 4 is 46.6 Å². The van der Waals surface area contributed by atoms with Crippen molar-refractivity contribution < 1.29 is 9.59 Å². The van der Waals surface area contributed by atoms with Gasteiger partial charge in [-0.25, -0.2) is 0 Å². The Bertz CT molecular complexity index is 1020. The first-order valence-electron chi connectivity index (χ1n) is 8.37. The topological polar surface area (TPSA) is 88.9 Å². The molecule has 1 heterocycles. The Morgan fingerprint density at radius 1 is 1.18 bits per heavy atom. The average Bonchev–Trinajstić information content (AvgIpc) is 3.09. The van der Waals surface area contributed by atoms with E-state index in [1.165, 1.54) is 11.8 Å². The fourth-order valence-electron chi connectivity index (χ4n) is 2.41. The number of aryl methyl sites for hydroxylation is 1. The molecule has 144 valence electrons. The smallest absolute Gasteiger partial charge is 0.255 e. The number of hydrogen-bond donors (Lipinski definition) is 2. The van der Waals surface area contributed by atoms with Crippen LogP contribution in [0.15, 0.2) is 53.9 Å². The third kappa shape index (κ3) is 4.90. The SMILES string of the molecule is Cc1c(Cl)cccc1NC(=O)c1cccc(NC(=O)CSc2nncn2C)c1. The van der Waals surface area contributed by atoms with Crippen molar-refractivity contribution in [3.05, 3.63) is 64.9 Å². The van der Waals surface area contributed by atoms with E-state index in [9.17, 15) is 9.59 Å². The summed E-state index contributed by atoms with van der Waals surface area (Å²) in [6.45, 7) is 1.84. The number of nitrogens with zero attached hydrogens (tertiary/aromatic N) is 3. The molecule has 0 fully saturated rings. The van der Waals surface area contributed by atoms with E-state index in [2.05, 4.69) is 20.8 Å². The Kier molecular flexibility index (Phi) is 6.33. The van der Waals surface area contributed by atoms with Crippen LogP contribution in [0.4, 0.5) is 11.4 Å². The summed E-state index contributed by atoms with van der Waals surface area (Å²) >= 11 is 7.37. The molecule has 0 unspecified atom stereocenters. The van der Waals surface area contributed by atoms with Crippen molar-refractivity contribution in [1.29, 1.82) is 0 Å². The Labute approximate surface area is 171 Å². The molecule has 0 radical (unpaired) electrons. The molecule has 1 aromatic heterocycles. The summed E-state index contributed by atoms with van der Waals surface area (Å²) in [6.07, 6.45) is 1.57. The van der Waals surface area contributed by atoms with Gasteiger partial charge in [0.05, 0.1) is 5.75 Å². The number of amides is 2. The van der Waals surface area contributed by atoms with Gasteiger partial charge >= 0.3 is 0 Å². The van der Waals surface area contributed by atoms with Crippen LogP contribution in [0.5, 0.6) is 0 Å². The van der Waals surface area contributed by atoms with Gasteiger partial charge in [0.25, 0.3) is 5.91 Å². The Balaban J connectivity index is 1.63. The Morgan fingerprint density at radius 3 is 2.71 bits per heavy atom. The van der Waals surface area contributed by atoms with E-state index in [4.69, 9.17) is 11.6 Å². The first-order chi connectivity index (χ1) is 13.4. The van der Waals surface area contributed by atoms with Crippen LogP contribution in [0, 0.1) is 6.92 Å². The van der Waals surface area contributed by atoms with Crippen LogP contribution in [0.2, 0.25) is 5.02 Å². The van der Waals surface area contributed by atoms with Crippen molar-refractivity contribution in [3.8, 4) is 0 Å². The molecule has 0 aliphatic carbocycles. The van der Waals surface area contributed by atoms with Gasteiger partial charge in [-0.05, 0) is 42.8 Å². The van der Waals surface area contributed by atoms with E-state index in [-0.39, 0.29) is 17.6 Å². The maximum atomic E-state index is 12.5. The highest BCUT2D eigenvalue weighted by Gasteiger charge is 2.11. The molecule has 2 N–H and O–H groups in total. The summed E-state index contributed by atoms with van der Waals surface area (Å²) in [7, 11) is 1.81. The zero-order chi connectivity index (χ0) is 20.1. The average molecular weight is 416 g/mol. The number of halogens is 1. The van der Waals surface area contributed by atoms with Crippen molar-refractivity contribution in [2.75, 3.05) is 16.4 Å². The summed E-state index contributed by atoms with van der Waals surface area (Å²) in [4.78, 5) is 24.7. The van der Waals surface area contributed by atoms with E-state index in [1.807, 2.05) is 14.0 Å². The number of aromatic nitrogens is 3. The molecule has 0 aliphatic rings. The number of nitrogens with one attached hydrogen (secondary N) is 2. The molecular formula is C19H18ClN5O2S. The number of benzene rings is 2. The van der Waals surface area contributed by atoms with E-state index >= 15 is 0 Å². The number of rotatable bonds is 6. The molecular weight excluding hydrogens is 398 g/mol. The highest BCUT2D eigenvalue weighted by Crippen LogP contribution is 2.24. The van der Waals surface area contributed by atoms with E-state index in [0.29, 0.717) is 27.1 Å². The molecule has 3 rings (SSSR count). The minimum Gasteiger partial charge on any atom is -0.325 e. The second-order valence-electron chi connectivity index (χ2n) is 6.01. The molecule has 2 aromatic carbocycles. The first-order valence-corrected chi connectivity index (χ1v) is 9.73. The monoisotopic (exact) mass is 415 g/mol. The fourth-order valence-corrected chi connectivity index (χ4v) is 3.27. The molecule has 7 nitrogen and oxygen atoms in total. The number of hydrogen-bond acceptors (Lipinski definition) is 5. The number of anilines is 2. The summed E-state index contributed by atoms with van der Waals surface area (Å²) in [5.74, 6) is -0.295. The molecule has 2 amide bonds. The van der Waals surface area contributed by atoms with Gasteiger partial charge in [0.2, 0.25) is 5.91 Å². The molecule has 0 aliphatic heterocycles. The first kappa shape index (κ1) is 19.9. The van der Waals surface area contributed by atoms with Gasteiger partial charge in [-0.1, -0.05) is 35.5 Å². The molecule has 3 aromatic rings. The van der Waals surface area contributed by atoms with Gasteiger partial charge in [-0.3, -0.25) is 9.59 Å². The van der Waals surface area contributed by atoms with Crippen LogP contribution in [0.1, 0.15) is 15.9 Å². The predicted molar refractivity (Wildman–Crippen MR) is 111 cm³/mol. The van der Waals surface area contributed by atoms with Crippen molar-refractivity contribution in [1.82, 2.24) is 14.8 Å². The molecule has 0 atom stereocenters. The second-order valence-corrected chi connectivity index (χ2v) is 7.36. The zero-order valence-electron chi connectivity index (χ0n) is 15.3. The van der Waals surface area contributed by atoms with Crippen LogP contribution >= 0.6 is 23.4 Å². The van der Waals surface area contributed by atoms with E-state index < -0.39 is 0 Å². The van der Waals surface area contributed by atoms with Crippen molar-refractivity contribution in [2.24, 2.45) is 7.05 Å². The van der Waals surface area contributed by atoms with Crippen LogP contribution in [-0.4, -0.2) is 32.3 Å². The lowest BCUT2D eigenvalue weighted by atomic mass is 10.1. The van der Waals surface area contributed by atoms with Gasteiger partial charge in [-0.2, -0.15) is 0 Å². The number of carbonyl (C=O) groups is 2. The van der Waals surface area contributed by atoms with Gasteiger partial charge < -0.3 is 15.2 Å². The van der Waals surface area contributed by atoms with E-state index in [1.54, 1.807) is 53.4 Å². The molecule has 0 saturated heterocycles. The fraction of sp³-hybridized carbons (Fsp3) is 0.158. The zero-order valence-corrected chi connectivity index (χ0v) is 16.8. The highest BCUT2D eigenvalue weighted by molar-refractivity contribution is 7.99. The molecule has 0 bridgehead atoms. The van der Waals surface area contributed by atoms with Crippen LogP contribution in [0.3, 0.4) is 0 Å². The lowest BCUT2D eigenvalue weighted by molar-refractivity contribution is -0.113. The second kappa shape index (κ2) is 8.90. The van der Waals surface area contributed by atoms with Crippen LogP contribution in [0.25, 0.3) is 0 Å². The minimum atomic E-state index is -0.282. The molecule has 9 heteroatoms. The largest absolute Gasteiger partial charge is 0.325 e. The maximum Gasteiger partial charge on any atom is 0.255 e. The van der Waals surface area contributed by atoms with Crippen molar-refractivity contribution in [2.45, 2.75) is 12.1 Å². The quantitative estimate of drug-likeness (QED) is 0.598. The summed E-state index contributed by atoms with van der Waals surface area (Å²) in [6, 6.07) is 12.1. The van der Waals surface area contributed by atoms with E-state index in [0.717, 1.165) is 5.56 Å². The highest BCUT2D eigenvalue weighted by atomic mass is 35.5. The third-order valence-corrected chi connectivity index (χ3v) is 5.37. The molecule has 0 spiro atoms. The van der Waals surface area contributed by atoms with Crippen molar-refractivity contribution in [3.63, 3.8) is 0 Å². The summed E-state index contributed by atoms with van der Waals surface area (Å²) < 4.78 is 1.74. The van der Waals surface area contributed by atoms with Gasteiger partial charge in [0.1, 0.15) is 6.33 Å². The summed E-state index contributed by atoms with van der Waals surface area (Å²) in [5.41, 5.74) is 2.41. The molecule has 0 saturated carbocycles. The number of carbonyl (C=O) groups excluding carboxylic acids is 2. The standard InChI is InChI=1S/C19H18ClN5O2S/c1-12-15(20)7-4-8-16(12)23-18(27)13-5-3-6-14(9-13)22-17(26)10-28-19-24-21-11-25(19)2/h3-9,11H,10H2,1-2H3,(H,22,26)(H,23,27). The lowest BCUT2D eigenvalue weighted by Gasteiger charge is -2.11. The minimum absolute atomic E-state index is 0.185. The maximum absolute atomic E-state index is 12.5. The van der Waals surface area contributed by atoms with Gasteiger partial charge in [0, 0.05) is 29.0 Å². The lowest BCUT2D eigenvalue weighted by Crippen LogP contribution is -2.16. The van der Waals surface area contributed by atoms with Crippen LogP contribution in [-0.2, 0) is 11.8 Å². The predicted octanol–water partition coefficient (Wildman–Crippen LogP) is 3.76. The third-order valence-electron chi connectivity index (χ3n) is 3.93. The van der Waals surface area contributed by atoms with Gasteiger partial charge in [0.15, 0.2) is 5.16 Å². The Morgan fingerprint density at radius 2 is 1.96 bits per heavy atom. The Hall–Kier alpha value is -2.84. The summed E-state index contributed by atoms with van der Waals surface area (Å²) in [5, 5.41) is 14.5. The normalized spacial score (nSPS) is 10.5. The number of thioether (sulfide) groups is 1.